The summed E-state index contributed by atoms with van der Waals surface area (Å²) in [5.41, 5.74) is 3.14. The van der Waals surface area contributed by atoms with Gasteiger partial charge in [-0.05, 0) is 68.5 Å². The second-order valence-corrected chi connectivity index (χ2v) is 13.4. The number of nitrogens with zero attached hydrogens (tertiary/aromatic N) is 2. The molecule has 0 spiro atoms. The van der Waals surface area contributed by atoms with E-state index in [0.717, 1.165) is 53.1 Å². The molecule has 242 valence electrons. The molecule has 0 saturated heterocycles. The fourth-order valence-corrected chi connectivity index (χ4v) is 7.21. The number of hydrogen-bond donors (Lipinski definition) is 1. The number of sulfonamides is 1. The van der Waals surface area contributed by atoms with Crippen LogP contribution in [0.1, 0.15) is 62.1 Å². The number of carbonyl (C=O) groups excluding carboxylic acids is 2. The van der Waals surface area contributed by atoms with Gasteiger partial charge >= 0.3 is 0 Å². The van der Waals surface area contributed by atoms with E-state index in [4.69, 9.17) is 9.47 Å². The monoisotopic (exact) mass is 635 g/mol. The van der Waals surface area contributed by atoms with Crippen LogP contribution in [0.3, 0.4) is 0 Å². The molecule has 1 N–H and O–H groups in total. The number of ether oxygens (including phenoxy) is 2. The van der Waals surface area contributed by atoms with Gasteiger partial charge in [0.1, 0.15) is 12.6 Å². The molecule has 45 heavy (non-hydrogen) atoms. The van der Waals surface area contributed by atoms with Gasteiger partial charge < -0.3 is 19.7 Å². The molecule has 0 aromatic heterocycles. The average molecular weight is 636 g/mol. The summed E-state index contributed by atoms with van der Waals surface area (Å²) < 4.78 is 40.3. The Morgan fingerprint density at radius 3 is 2.20 bits per heavy atom. The van der Waals surface area contributed by atoms with Crippen LogP contribution in [0.15, 0.2) is 71.6 Å². The molecule has 1 atom stereocenters. The number of methoxy groups -OCH3 is 2. The molecule has 1 saturated carbocycles. The Hall–Kier alpha value is -4.05. The van der Waals surface area contributed by atoms with E-state index < -0.39 is 28.5 Å². The van der Waals surface area contributed by atoms with Crippen molar-refractivity contribution < 1.29 is 27.5 Å². The minimum absolute atomic E-state index is 0.0546. The lowest BCUT2D eigenvalue weighted by Crippen LogP contribution is -2.54. The van der Waals surface area contributed by atoms with E-state index in [1.807, 2.05) is 45.0 Å². The summed E-state index contributed by atoms with van der Waals surface area (Å²) >= 11 is 0. The Labute approximate surface area is 267 Å². The summed E-state index contributed by atoms with van der Waals surface area (Å²) in [6.07, 6.45) is 5.49. The van der Waals surface area contributed by atoms with Crippen molar-refractivity contribution in [2.45, 2.75) is 82.8 Å². The molecule has 0 bridgehead atoms. The molecule has 2 amide bonds. The minimum atomic E-state index is -4.26. The van der Waals surface area contributed by atoms with E-state index in [1.165, 1.54) is 37.3 Å². The van der Waals surface area contributed by atoms with Gasteiger partial charge in [-0.3, -0.25) is 13.9 Å². The highest BCUT2D eigenvalue weighted by Gasteiger charge is 2.35. The number of nitrogens with one attached hydrogen (secondary N) is 1. The summed E-state index contributed by atoms with van der Waals surface area (Å²) in [5, 5.41) is 3.19. The van der Waals surface area contributed by atoms with Crippen LogP contribution in [0.2, 0.25) is 0 Å². The van der Waals surface area contributed by atoms with Gasteiger partial charge in [0, 0.05) is 18.7 Å². The van der Waals surface area contributed by atoms with Gasteiger partial charge in [-0.15, -0.1) is 0 Å². The molecule has 0 heterocycles. The van der Waals surface area contributed by atoms with Crippen LogP contribution in [0.4, 0.5) is 5.69 Å². The van der Waals surface area contributed by atoms with E-state index in [0.29, 0.717) is 17.9 Å². The Bertz CT molecular complexity index is 1570. The lowest BCUT2D eigenvalue weighted by atomic mass is 9.95. The fourth-order valence-electron chi connectivity index (χ4n) is 5.78. The highest BCUT2D eigenvalue weighted by molar-refractivity contribution is 7.92. The summed E-state index contributed by atoms with van der Waals surface area (Å²) in [5.74, 6) is -0.0570. The first-order chi connectivity index (χ1) is 21.6. The average Bonchev–Trinajstić information content (AvgIpc) is 3.04. The number of rotatable bonds is 13. The zero-order valence-corrected chi connectivity index (χ0v) is 27.7. The van der Waals surface area contributed by atoms with Crippen LogP contribution in [0.25, 0.3) is 0 Å². The van der Waals surface area contributed by atoms with Gasteiger partial charge in [-0.25, -0.2) is 8.42 Å². The molecule has 9 nitrogen and oxygen atoms in total. The third-order valence-corrected chi connectivity index (χ3v) is 10.3. The summed E-state index contributed by atoms with van der Waals surface area (Å²) in [7, 11) is -1.35. The highest BCUT2D eigenvalue weighted by Crippen LogP contribution is 2.32. The van der Waals surface area contributed by atoms with E-state index in [2.05, 4.69) is 5.32 Å². The molecule has 1 fully saturated rings. The van der Waals surface area contributed by atoms with E-state index in [9.17, 15) is 18.0 Å². The van der Waals surface area contributed by atoms with Gasteiger partial charge in [-0.2, -0.15) is 0 Å². The van der Waals surface area contributed by atoms with Crippen LogP contribution in [-0.2, 0) is 26.2 Å². The number of anilines is 1. The number of carbonyl (C=O) groups is 2. The predicted molar refractivity (Wildman–Crippen MR) is 176 cm³/mol. The summed E-state index contributed by atoms with van der Waals surface area (Å²) in [6, 6.07) is 18.3. The molecule has 4 rings (SSSR count). The highest BCUT2D eigenvalue weighted by atomic mass is 32.2. The smallest absolute Gasteiger partial charge is 0.264 e. The van der Waals surface area contributed by atoms with Crippen LogP contribution < -0.4 is 19.1 Å². The first-order valence-corrected chi connectivity index (χ1v) is 17.0. The molecule has 1 aliphatic rings. The van der Waals surface area contributed by atoms with Gasteiger partial charge in [-0.1, -0.05) is 68.1 Å². The molecule has 0 aliphatic heterocycles. The van der Waals surface area contributed by atoms with Gasteiger partial charge in [0.2, 0.25) is 11.8 Å². The van der Waals surface area contributed by atoms with Crippen LogP contribution in [-0.4, -0.2) is 58.0 Å². The molecule has 3 aromatic rings. The van der Waals surface area contributed by atoms with Crippen LogP contribution in [0.5, 0.6) is 11.5 Å². The third-order valence-electron chi connectivity index (χ3n) is 8.48. The van der Waals surface area contributed by atoms with Crippen molar-refractivity contribution in [3.8, 4) is 11.5 Å². The second kappa shape index (κ2) is 15.3. The van der Waals surface area contributed by atoms with Crippen molar-refractivity contribution in [1.82, 2.24) is 10.2 Å². The van der Waals surface area contributed by atoms with Crippen molar-refractivity contribution in [2.75, 3.05) is 25.1 Å². The molecule has 3 aromatic carbocycles. The maximum Gasteiger partial charge on any atom is 0.264 e. The maximum absolute atomic E-state index is 14.4. The van der Waals surface area contributed by atoms with E-state index in [-0.39, 0.29) is 29.1 Å². The zero-order valence-electron chi connectivity index (χ0n) is 26.9. The lowest BCUT2D eigenvalue weighted by molar-refractivity contribution is -0.140. The number of hydrogen-bond acceptors (Lipinski definition) is 6. The van der Waals surface area contributed by atoms with Crippen molar-refractivity contribution in [1.29, 1.82) is 0 Å². The van der Waals surface area contributed by atoms with Crippen molar-refractivity contribution in [3.63, 3.8) is 0 Å². The number of amides is 2. The van der Waals surface area contributed by atoms with E-state index in [1.54, 1.807) is 24.3 Å². The van der Waals surface area contributed by atoms with Gasteiger partial charge in [0.05, 0.1) is 24.8 Å². The van der Waals surface area contributed by atoms with Gasteiger partial charge in [0.15, 0.2) is 11.5 Å². The first-order valence-electron chi connectivity index (χ1n) is 15.5. The third kappa shape index (κ3) is 8.16. The molecular weight excluding hydrogens is 590 g/mol. The Morgan fingerprint density at radius 2 is 1.58 bits per heavy atom. The SMILES string of the molecule is CC[C@H](C(=O)NC1CCCCC1)N(Cc1ccccc1C)C(=O)CN(c1ccc(C)cc1)S(=O)(=O)c1ccc(OC)c(OC)c1. The Morgan fingerprint density at radius 1 is 0.911 bits per heavy atom. The predicted octanol–water partition coefficient (Wildman–Crippen LogP) is 5.77. The standard InChI is InChI=1S/C35H45N3O6S/c1-6-31(35(40)36-28-14-8-7-9-15-28)37(23-27-13-11-10-12-26(27)3)34(39)24-38(29-18-16-25(2)17-19-29)45(41,42)30-20-21-32(43-4)33(22-30)44-5/h10-13,16-22,28,31H,6-9,14-15,23-24H2,1-5H3,(H,36,40)/t31-/m1/s1. The number of aryl methyl sites for hydroxylation is 2. The topological polar surface area (TPSA) is 105 Å². The van der Waals surface area contributed by atoms with Gasteiger partial charge in [0.25, 0.3) is 10.0 Å². The minimum Gasteiger partial charge on any atom is -0.493 e. The summed E-state index contributed by atoms with van der Waals surface area (Å²) in [4.78, 5) is 29.6. The molecular formula is C35H45N3O6S. The maximum atomic E-state index is 14.4. The second-order valence-electron chi connectivity index (χ2n) is 11.6. The van der Waals surface area contributed by atoms with Crippen LogP contribution in [0, 0.1) is 13.8 Å². The largest absolute Gasteiger partial charge is 0.493 e. The van der Waals surface area contributed by atoms with E-state index >= 15 is 0 Å². The molecule has 0 unspecified atom stereocenters. The first kappa shape index (κ1) is 33.8. The zero-order chi connectivity index (χ0) is 32.6. The fraction of sp³-hybridized carbons (Fsp3) is 0.429. The number of benzene rings is 3. The molecule has 1 aliphatic carbocycles. The van der Waals surface area contributed by atoms with Crippen LogP contribution >= 0.6 is 0 Å². The van der Waals surface area contributed by atoms with Crippen molar-refractivity contribution >= 4 is 27.5 Å². The Balaban J connectivity index is 1.74. The van der Waals surface area contributed by atoms with Crippen molar-refractivity contribution in [3.05, 3.63) is 83.4 Å². The summed E-state index contributed by atoms with van der Waals surface area (Å²) in [6.45, 7) is 5.41. The lowest BCUT2D eigenvalue weighted by Gasteiger charge is -2.34. The molecule has 10 heteroatoms. The van der Waals surface area contributed by atoms with Crippen molar-refractivity contribution in [2.24, 2.45) is 0 Å². The Kier molecular flexibility index (Phi) is 11.5. The molecule has 0 radical (unpaired) electrons. The normalized spacial score (nSPS) is 14.3. The quantitative estimate of drug-likeness (QED) is 0.256.